The Morgan fingerprint density at radius 1 is 1.25 bits per heavy atom. The summed E-state index contributed by atoms with van der Waals surface area (Å²) in [6.45, 7) is 0. The summed E-state index contributed by atoms with van der Waals surface area (Å²) in [5, 5.41) is 8.55. The summed E-state index contributed by atoms with van der Waals surface area (Å²) >= 11 is 0. The second-order valence-corrected chi connectivity index (χ2v) is 5.35. The van der Waals surface area contributed by atoms with Crippen molar-refractivity contribution in [2.75, 3.05) is 0 Å². The summed E-state index contributed by atoms with van der Waals surface area (Å²) in [5.41, 5.74) is 0. The third kappa shape index (κ3) is 2.63. The maximum absolute atomic E-state index is 11.3. The first-order valence-electron chi connectivity index (χ1n) is 6.40. The molecule has 2 fully saturated rings. The van der Waals surface area contributed by atoms with Gasteiger partial charge in [-0.3, -0.25) is 9.59 Å². The first kappa shape index (κ1) is 11.6. The van der Waals surface area contributed by atoms with E-state index in [4.69, 9.17) is 5.11 Å². The van der Waals surface area contributed by atoms with Gasteiger partial charge in [0.15, 0.2) is 0 Å². The van der Waals surface area contributed by atoms with Crippen LogP contribution in [0.15, 0.2) is 0 Å². The molecule has 0 aromatic carbocycles. The predicted octanol–water partition coefficient (Wildman–Crippen LogP) is 2.64. The fourth-order valence-corrected chi connectivity index (χ4v) is 3.51. The Kier molecular flexibility index (Phi) is 3.62. The number of unbranched alkanes of at least 4 members (excludes halogenated alkanes) is 1. The van der Waals surface area contributed by atoms with Crippen LogP contribution in [0.1, 0.15) is 51.4 Å². The van der Waals surface area contributed by atoms with Gasteiger partial charge in [-0.2, -0.15) is 0 Å². The molecule has 0 aromatic heterocycles. The Balaban J connectivity index is 1.70. The van der Waals surface area contributed by atoms with Gasteiger partial charge in [0.1, 0.15) is 5.78 Å². The van der Waals surface area contributed by atoms with Crippen molar-refractivity contribution in [3.63, 3.8) is 0 Å². The second-order valence-electron chi connectivity index (χ2n) is 5.35. The monoisotopic (exact) mass is 224 g/mol. The van der Waals surface area contributed by atoms with Crippen LogP contribution in [0.4, 0.5) is 0 Å². The normalized spacial score (nSPS) is 33.0. The van der Waals surface area contributed by atoms with Crippen LogP contribution in [0.2, 0.25) is 0 Å². The van der Waals surface area contributed by atoms with Gasteiger partial charge in [-0.25, -0.2) is 0 Å². The number of ketones is 1. The lowest BCUT2D eigenvalue weighted by atomic mass is 9.88. The zero-order valence-corrected chi connectivity index (χ0v) is 9.65. The van der Waals surface area contributed by atoms with Crippen molar-refractivity contribution in [1.82, 2.24) is 0 Å². The molecule has 3 heteroatoms. The average molecular weight is 224 g/mol. The van der Waals surface area contributed by atoms with E-state index < -0.39 is 5.97 Å². The van der Waals surface area contributed by atoms with Crippen LogP contribution in [0.5, 0.6) is 0 Å². The molecule has 0 saturated heterocycles. The van der Waals surface area contributed by atoms with Crippen molar-refractivity contribution in [1.29, 1.82) is 0 Å². The van der Waals surface area contributed by atoms with E-state index in [0.29, 0.717) is 30.0 Å². The summed E-state index contributed by atoms with van der Waals surface area (Å²) in [6, 6.07) is 0. The van der Waals surface area contributed by atoms with E-state index in [0.717, 1.165) is 32.1 Å². The maximum Gasteiger partial charge on any atom is 0.303 e. The molecule has 0 spiro atoms. The van der Waals surface area contributed by atoms with Crippen molar-refractivity contribution in [3.05, 3.63) is 0 Å². The molecule has 3 unspecified atom stereocenters. The highest BCUT2D eigenvalue weighted by atomic mass is 16.4. The van der Waals surface area contributed by atoms with Gasteiger partial charge < -0.3 is 5.11 Å². The van der Waals surface area contributed by atoms with E-state index >= 15 is 0 Å². The van der Waals surface area contributed by atoms with Gasteiger partial charge in [0, 0.05) is 19.3 Å². The van der Waals surface area contributed by atoms with Gasteiger partial charge in [0.05, 0.1) is 0 Å². The number of Topliss-reactive ketones (excluding diaryl/α,β-unsaturated/α-hetero) is 1. The molecule has 0 bridgehead atoms. The Morgan fingerprint density at radius 2 is 2.06 bits per heavy atom. The fraction of sp³-hybridized carbons (Fsp3) is 0.846. The SMILES string of the molecule is O=C(O)CCCCC1CCC2CC(=O)CC12. The van der Waals surface area contributed by atoms with Crippen molar-refractivity contribution in [2.24, 2.45) is 17.8 Å². The number of rotatable bonds is 5. The molecule has 2 rings (SSSR count). The van der Waals surface area contributed by atoms with E-state index in [-0.39, 0.29) is 0 Å². The molecule has 16 heavy (non-hydrogen) atoms. The lowest BCUT2D eigenvalue weighted by Gasteiger charge is -2.17. The van der Waals surface area contributed by atoms with Crippen LogP contribution in [0, 0.1) is 17.8 Å². The smallest absolute Gasteiger partial charge is 0.303 e. The van der Waals surface area contributed by atoms with Crippen LogP contribution in [0.25, 0.3) is 0 Å². The van der Waals surface area contributed by atoms with Crippen LogP contribution >= 0.6 is 0 Å². The summed E-state index contributed by atoms with van der Waals surface area (Å²) in [4.78, 5) is 21.7. The van der Waals surface area contributed by atoms with Gasteiger partial charge in [-0.1, -0.05) is 12.8 Å². The molecule has 90 valence electrons. The highest BCUT2D eigenvalue weighted by Crippen LogP contribution is 2.47. The fourth-order valence-electron chi connectivity index (χ4n) is 3.51. The summed E-state index contributed by atoms with van der Waals surface area (Å²) in [6.07, 6.45) is 7.31. The summed E-state index contributed by atoms with van der Waals surface area (Å²) in [5.74, 6) is 1.75. The van der Waals surface area contributed by atoms with Gasteiger partial charge in [0.25, 0.3) is 0 Å². The minimum atomic E-state index is -0.694. The number of fused-ring (bicyclic) bond motifs is 1. The third-order valence-electron chi connectivity index (χ3n) is 4.29. The first-order chi connectivity index (χ1) is 7.66. The van der Waals surface area contributed by atoms with Crippen LogP contribution in [0.3, 0.4) is 0 Å². The topological polar surface area (TPSA) is 54.4 Å². The minimum Gasteiger partial charge on any atom is -0.481 e. The number of carbonyl (C=O) groups excluding carboxylic acids is 1. The van der Waals surface area contributed by atoms with E-state index in [2.05, 4.69) is 0 Å². The van der Waals surface area contributed by atoms with Gasteiger partial charge in [0.2, 0.25) is 0 Å². The molecular weight excluding hydrogens is 204 g/mol. The van der Waals surface area contributed by atoms with E-state index in [1.807, 2.05) is 0 Å². The molecule has 2 saturated carbocycles. The van der Waals surface area contributed by atoms with Gasteiger partial charge in [-0.15, -0.1) is 0 Å². The Morgan fingerprint density at radius 3 is 2.81 bits per heavy atom. The minimum absolute atomic E-state index is 0.291. The number of hydrogen-bond donors (Lipinski definition) is 1. The molecule has 0 radical (unpaired) electrons. The predicted molar refractivity (Wildman–Crippen MR) is 60.0 cm³/mol. The Labute approximate surface area is 96.2 Å². The van der Waals surface area contributed by atoms with Crippen molar-refractivity contribution in [3.8, 4) is 0 Å². The molecular formula is C13H20O3. The number of hydrogen-bond acceptors (Lipinski definition) is 2. The zero-order chi connectivity index (χ0) is 11.5. The number of carboxylic acid groups (broad SMARTS) is 1. The van der Waals surface area contributed by atoms with Gasteiger partial charge in [-0.05, 0) is 37.0 Å². The van der Waals surface area contributed by atoms with Crippen LogP contribution < -0.4 is 0 Å². The Bertz CT molecular complexity index is 285. The lowest BCUT2D eigenvalue weighted by Crippen LogP contribution is -2.09. The quantitative estimate of drug-likeness (QED) is 0.730. The van der Waals surface area contributed by atoms with Crippen LogP contribution in [-0.4, -0.2) is 16.9 Å². The number of carbonyl (C=O) groups is 2. The highest BCUT2D eigenvalue weighted by molar-refractivity contribution is 5.81. The molecule has 2 aliphatic rings. The molecule has 0 heterocycles. The standard InChI is InChI=1S/C13H20O3/c14-11-7-10-6-5-9(12(10)8-11)3-1-2-4-13(15)16/h9-10,12H,1-8H2,(H,15,16). The Hall–Kier alpha value is -0.860. The molecule has 0 aromatic rings. The molecule has 3 nitrogen and oxygen atoms in total. The third-order valence-corrected chi connectivity index (χ3v) is 4.29. The average Bonchev–Trinajstić information content (AvgIpc) is 2.72. The highest BCUT2D eigenvalue weighted by Gasteiger charge is 2.42. The largest absolute Gasteiger partial charge is 0.481 e. The first-order valence-corrected chi connectivity index (χ1v) is 6.40. The lowest BCUT2D eigenvalue weighted by molar-refractivity contribution is -0.137. The summed E-state index contributed by atoms with van der Waals surface area (Å²) < 4.78 is 0. The van der Waals surface area contributed by atoms with Crippen LogP contribution in [-0.2, 0) is 9.59 Å². The zero-order valence-electron chi connectivity index (χ0n) is 9.65. The molecule has 1 N–H and O–H groups in total. The molecule has 3 atom stereocenters. The van der Waals surface area contributed by atoms with E-state index in [9.17, 15) is 9.59 Å². The summed E-state index contributed by atoms with van der Waals surface area (Å²) in [7, 11) is 0. The van der Waals surface area contributed by atoms with E-state index in [1.165, 1.54) is 12.8 Å². The number of aliphatic carboxylic acids is 1. The van der Waals surface area contributed by atoms with E-state index in [1.54, 1.807) is 0 Å². The molecule has 0 amide bonds. The van der Waals surface area contributed by atoms with Crippen molar-refractivity contribution < 1.29 is 14.7 Å². The van der Waals surface area contributed by atoms with Gasteiger partial charge >= 0.3 is 5.97 Å². The second kappa shape index (κ2) is 4.98. The van der Waals surface area contributed by atoms with Crippen molar-refractivity contribution >= 4 is 11.8 Å². The number of carboxylic acids is 1. The molecule has 2 aliphatic carbocycles. The van der Waals surface area contributed by atoms with Crippen molar-refractivity contribution in [2.45, 2.75) is 51.4 Å². The maximum atomic E-state index is 11.3. The molecule has 0 aliphatic heterocycles.